The number of hydrogen-bond donors (Lipinski definition) is 1. The van der Waals surface area contributed by atoms with Crippen LogP contribution in [0.4, 0.5) is 5.82 Å². The average Bonchev–Trinajstić information content (AvgIpc) is 3.12. The molecule has 0 unspecified atom stereocenters. The predicted molar refractivity (Wildman–Crippen MR) is 104 cm³/mol. The fraction of sp³-hybridized carbons (Fsp3) is 0.400. The molecule has 1 saturated heterocycles. The van der Waals surface area contributed by atoms with Crippen molar-refractivity contribution >= 4 is 23.3 Å². The molecule has 0 radical (unpaired) electrons. The minimum atomic E-state index is -0.212. The maximum atomic E-state index is 12.5. The van der Waals surface area contributed by atoms with Gasteiger partial charge in [0.05, 0.1) is 18.2 Å². The molecule has 1 amide bonds. The van der Waals surface area contributed by atoms with E-state index in [1.165, 1.54) is 12.8 Å². The number of pyridine rings is 1. The molecule has 4 rings (SSSR count). The number of benzene rings is 1. The molecular weight excluding hydrogens is 366 g/mol. The van der Waals surface area contributed by atoms with Crippen molar-refractivity contribution < 1.29 is 14.3 Å². The molecule has 2 aromatic rings. The Bertz CT molecular complexity index is 820. The third-order valence-electron chi connectivity index (χ3n) is 4.76. The number of nitrogens with zero attached hydrogens (tertiary/aromatic N) is 2. The second kappa shape index (κ2) is 8.05. The SMILES string of the molecule is O=C(NCc1ccc(N2CCCC2)nc1)c1cc(Cl)c2c(c1)OCCCO2. The fourth-order valence-electron chi connectivity index (χ4n) is 3.30. The summed E-state index contributed by atoms with van der Waals surface area (Å²) in [5.41, 5.74) is 1.40. The van der Waals surface area contributed by atoms with E-state index in [1.54, 1.807) is 12.1 Å². The van der Waals surface area contributed by atoms with Crippen molar-refractivity contribution in [2.45, 2.75) is 25.8 Å². The second-order valence-corrected chi connectivity index (χ2v) is 7.14. The molecule has 142 valence electrons. The standard InChI is InChI=1S/C20H22ClN3O3/c21-16-10-15(11-17-19(16)27-9-3-8-26-17)20(25)23-13-14-4-5-18(22-12-14)24-6-1-2-7-24/h4-5,10-12H,1-3,6-9,13H2,(H,23,25). The number of amides is 1. The summed E-state index contributed by atoms with van der Waals surface area (Å²) in [7, 11) is 0. The van der Waals surface area contributed by atoms with Gasteiger partial charge in [-0.25, -0.2) is 4.98 Å². The van der Waals surface area contributed by atoms with E-state index in [0.717, 1.165) is 30.9 Å². The zero-order chi connectivity index (χ0) is 18.6. The summed E-state index contributed by atoms with van der Waals surface area (Å²) in [4.78, 5) is 19.3. The van der Waals surface area contributed by atoms with Crippen molar-refractivity contribution in [3.05, 3.63) is 46.6 Å². The number of hydrogen-bond acceptors (Lipinski definition) is 5. The first-order valence-corrected chi connectivity index (χ1v) is 9.66. The molecule has 6 nitrogen and oxygen atoms in total. The van der Waals surface area contributed by atoms with Crippen LogP contribution >= 0.6 is 11.6 Å². The highest BCUT2D eigenvalue weighted by molar-refractivity contribution is 6.32. The monoisotopic (exact) mass is 387 g/mol. The minimum Gasteiger partial charge on any atom is -0.489 e. The second-order valence-electron chi connectivity index (χ2n) is 6.74. The molecule has 0 atom stereocenters. The van der Waals surface area contributed by atoms with Gasteiger partial charge in [0, 0.05) is 37.8 Å². The number of ether oxygens (including phenoxy) is 2. The summed E-state index contributed by atoms with van der Waals surface area (Å²) in [6, 6.07) is 7.30. The van der Waals surface area contributed by atoms with Gasteiger partial charge in [0.2, 0.25) is 0 Å². The lowest BCUT2D eigenvalue weighted by Gasteiger charge is -2.16. The van der Waals surface area contributed by atoms with Gasteiger partial charge in [0.25, 0.3) is 5.91 Å². The van der Waals surface area contributed by atoms with Crippen LogP contribution in [0.2, 0.25) is 5.02 Å². The Morgan fingerprint density at radius 1 is 1.15 bits per heavy atom. The normalized spacial score (nSPS) is 16.1. The van der Waals surface area contributed by atoms with E-state index in [-0.39, 0.29) is 5.91 Å². The highest BCUT2D eigenvalue weighted by Gasteiger charge is 2.18. The van der Waals surface area contributed by atoms with E-state index in [9.17, 15) is 4.79 Å². The van der Waals surface area contributed by atoms with Crippen LogP contribution in [0.15, 0.2) is 30.5 Å². The van der Waals surface area contributed by atoms with Gasteiger partial charge in [0.1, 0.15) is 5.82 Å². The molecule has 1 N–H and O–H groups in total. The lowest BCUT2D eigenvalue weighted by molar-refractivity contribution is 0.0950. The van der Waals surface area contributed by atoms with E-state index in [0.29, 0.717) is 41.8 Å². The number of nitrogens with one attached hydrogen (secondary N) is 1. The van der Waals surface area contributed by atoms with E-state index in [1.807, 2.05) is 18.3 Å². The molecular formula is C20H22ClN3O3. The fourth-order valence-corrected chi connectivity index (χ4v) is 3.57. The quantitative estimate of drug-likeness (QED) is 0.870. The third kappa shape index (κ3) is 4.11. The highest BCUT2D eigenvalue weighted by atomic mass is 35.5. The van der Waals surface area contributed by atoms with Gasteiger partial charge in [-0.15, -0.1) is 0 Å². The Morgan fingerprint density at radius 2 is 1.96 bits per heavy atom. The first kappa shape index (κ1) is 17.9. The summed E-state index contributed by atoms with van der Waals surface area (Å²) in [5.74, 6) is 1.81. The Labute approximate surface area is 163 Å². The number of halogens is 1. The summed E-state index contributed by atoms with van der Waals surface area (Å²) < 4.78 is 11.2. The first-order valence-electron chi connectivity index (χ1n) is 9.28. The largest absolute Gasteiger partial charge is 0.489 e. The maximum absolute atomic E-state index is 12.5. The Kier molecular flexibility index (Phi) is 5.34. The van der Waals surface area contributed by atoms with Gasteiger partial charge < -0.3 is 19.7 Å². The average molecular weight is 388 g/mol. The van der Waals surface area contributed by atoms with Gasteiger partial charge in [-0.05, 0) is 36.6 Å². The molecule has 27 heavy (non-hydrogen) atoms. The lowest BCUT2D eigenvalue weighted by Crippen LogP contribution is -2.23. The van der Waals surface area contributed by atoms with Crippen molar-refractivity contribution in [3.63, 3.8) is 0 Å². The van der Waals surface area contributed by atoms with Gasteiger partial charge >= 0.3 is 0 Å². The summed E-state index contributed by atoms with van der Waals surface area (Å²) in [6.45, 7) is 3.63. The van der Waals surface area contributed by atoms with Crippen LogP contribution in [0.1, 0.15) is 35.2 Å². The van der Waals surface area contributed by atoms with Crippen LogP contribution in [-0.4, -0.2) is 37.2 Å². The Hall–Kier alpha value is -2.47. The summed E-state index contributed by atoms with van der Waals surface area (Å²) in [5, 5.41) is 3.29. The lowest BCUT2D eigenvalue weighted by atomic mass is 10.1. The van der Waals surface area contributed by atoms with E-state index in [2.05, 4.69) is 15.2 Å². The van der Waals surface area contributed by atoms with Crippen molar-refractivity contribution in [2.75, 3.05) is 31.2 Å². The molecule has 0 bridgehead atoms. The van der Waals surface area contributed by atoms with Crippen LogP contribution in [0.5, 0.6) is 11.5 Å². The number of rotatable bonds is 4. The zero-order valence-corrected chi connectivity index (χ0v) is 15.8. The molecule has 2 aliphatic rings. The third-order valence-corrected chi connectivity index (χ3v) is 5.04. The van der Waals surface area contributed by atoms with Gasteiger partial charge in [0.15, 0.2) is 11.5 Å². The molecule has 0 aliphatic carbocycles. The number of carbonyl (C=O) groups is 1. The van der Waals surface area contributed by atoms with Gasteiger partial charge in [-0.2, -0.15) is 0 Å². The van der Waals surface area contributed by atoms with Crippen molar-refractivity contribution in [1.29, 1.82) is 0 Å². The van der Waals surface area contributed by atoms with Crippen LogP contribution in [0.3, 0.4) is 0 Å². The van der Waals surface area contributed by atoms with Crippen LogP contribution in [-0.2, 0) is 6.54 Å². The highest BCUT2D eigenvalue weighted by Crippen LogP contribution is 2.38. The molecule has 0 spiro atoms. The summed E-state index contributed by atoms with van der Waals surface area (Å²) >= 11 is 6.26. The van der Waals surface area contributed by atoms with Crippen molar-refractivity contribution in [2.24, 2.45) is 0 Å². The molecule has 0 saturated carbocycles. The summed E-state index contributed by atoms with van der Waals surface area (Å²) in [6.07, 6.45) is 5.04. The minimum absolute atomic E-state index is 0.212. The first-order chi connectivity index (χ1) is 13.2. The molecule has 1 fully saturated rings. The Balaban J connectivity index is 1.40. The number of carbonyl (C=O) groups excluding carboxylic acids is 1. The number of aromatic nitrogens is 1. The van der Waals surface area contributed by atoms with E-state index >= 15 is 0 Å². The molecule has 2 aliphatic heterocycles. The topological polar surface area (TPSA) is 63.7 Å². The van der Waals surface area contributed by atoms with E-state index < -0.39 is 0 Å². The van der Waals surface area contributed by atoms with Crippen molar-refractivity contribution in [1.82, 2.24) is 10.3 Å². The number of anilines is 1. The molecule has 3 heterocycles. The van der Waals surface area contributed by atoms with Crippen LogP contribution in [0.25, 0.3) is 0 Å². The predicted octanol–water partition coefficient (Wildman–Crippen LogP) is 3.43. The van der Waals surface area contributed by atoms with E-state index in [4.69, 9.17) is 21.1 Å². The van der Waals surface area contributed by atoms with Crippen LogP contribution < -0.4 is 19.7 Å². The molecule has 1 aromatic heterocycles. The Morgan fingerprint density at radius 3 is 2.74 bits per heavy atom. The van der Waals surface area contributed by atoms with Crippen molar-refractivity contribution in [3.8, 4) is 11.5 Å². The molecule has 7 heteroatoms. The zero-order valence-electron chi connectivity index (χ0n) is 15.0. The number of fused-ring (bicyclic) bond motifs is 1. The van der Waals surface area contributed by atoms with Crippen LogP contribution in [0, 0.1) is 0 Å². The molecule has 1 aromatic carbocycles. The van der Waals surface area contributed by atoms with Gasteiger partial charge in [-0.3, -0.25) is 4.79 Å². The maximum Gasteiger partial charge on any atom is 0.251 e. The smallest absolute Gasteiger partial charge is 0.251 e. The van der Waals surface area contributed by atoms with Gasteiger partial charge in [-0.1, -0.05) is 17.7 Å².